The highest BCUT2D eigenvalue weighted by molar-refractivity contribution is 5.79. The van der Waals surface area contributed by atoms with Crippen molar-refractivity contribution in [1.82, 2.24) is 10.3 Å². The van der Waals surface area contributed by atoms with Gasteiger partial charge in [0.05, 0.1) is 12.0 Å². The molecule has 1 heterocycles. The number of fused-ring (bicyclic) bond motifs is 1. The molecule has 5 nitrogen and oxygen atoms in total. The van der Waals surface area contributed by atoms with Gasteiger partial charge in [0.15, 0.2) is 0 Å². The number of nitrogens with one attached hydrogen (secondary N) is 1. The third-order valence-corrected chi connectivity index (χ3v) is 5.00. The Kier molecular flexibility index (Phi) is 6.84. The number of halogens is 4. The predicted octanol–water partition coefficient (Wildman–Crippen LogP) is 4.67. The van der Waals surface area contributed by atoms with Gasteiger partial charge in [-0.3, -0.25) is 10.6 Å². The van der Waals surface area contributed by atoms with Crippen LogP contribution in [0.25, 0.3) is 0 Å². The number of nitrogens with zero attached hydrogens (tertiary/aromatic N) is 1. The molecule has 0 unspecified atom stereocenters. The van der Waals surface area contributed by atoms with E-state index in [-0.39, 0.29) is 18.1 Å². The van der Waals surface area contributed by atoms with Gasteiger partial charge in [0.1, 0.15) is 17.3 Å². The van der Waals surface area contributed by atoms with Crippen LogP contribution in [-0.2, 0) is 23.9 Å². The molecule has 0 saturated carbocycles. The number of benzene rings is 2. The molecule has 0 saturated heterocycles. The molecule has 0 atom stereocenters. The van der Waals surface area contributed by atoms with Gasteiger partial charge >= 0.3 is 6.18 Å². The summed E-state index contributed by atoms with van der Waals surface area (Å²) >= 11 is 0. The summed E-state index contributed by atoms with van der Waals surface area (Å²) in [7, 11) is 0. The van der Waals surface area contributed by atoms with Crippen LogP contribution in [0, 0.1) is 5.82 Å². The van der Waals surface area contributed by atoms with Crippen LogP contribution in [0.4, 0.5) is 17.6 Å². The lowest BCUT2D eigenvalue weighted by Crippen LogP contribution is -2.37. The molecule has 1 aliphatic rings. The van der Waals surface area contributed by atoms with Gasteiger partial charge in [-0.15, -0.1) is 0 Å². The zero-order valence-corrected chi connectivity index (χ0v) is 16.9. The number of amides is 1. The molecular weight excluding hydrogens is 414 g/mol. The number of alkyl halides is 3. The molecule has 31 heavy (non-hydrogen) atoms. The van der Waals surface area contributed by atoms with E-state index in [9.17, 15) is 22.4 Å². The molecule has 2 aromatic rings. The second-order valence-corrected chi connectivity index (χ2v) is 7.20. The Bertz CT molecular complexity index is 989. The van der Waals surface area contributed by atoms with Crippen molar-refractivity contribution in [3.63, 3.8) is 0 Å². The molecule has 1 amide bonds. The van der Waals surface area contributed by atoms with Crippen molar-refractivity contribution in [2.75, 3.05) is 6.54 Å². The van der Waals surface area contributed by atoms with Crippen LogP contribution in [0.1, 0.15) is 36.5 Å². The SMILES string of the molecule is CC/C=C(\CC(=O)N1CCc2ccc(Oc3ccc(C(F)(F)F)c(F)c3)cc2C1)NN. The topological polar surface area (TPSA) is 67.6 Å². The Morgan fingerprint density at radius 1 is 1.19 bits per heavy atom. The average Bonchev–Trinajstić information content (AvgIpc) is 2.72. The zero-order chi connectivity index (χ0) is 22.6. The number of ether oxygens (including phenoxy) is 1. The van der Waals surface area contributed by atoms with Crippen molar-refractivity contribution in [2.24, 2.45) is 5.84 Å². The Balaban J connectivity index is 1.72. The van der Waals surface area contributed by atoms with Gasteiger partial charge in [0.2, 0.25) is 5.91 Å². The van der Waals surface area contributed by atoms with Crippen LogP contribution < -0.4 is 16.0 Å². The minimum absolute atomic E-state index is 0.0439. The summed E-state index contributed by atoms with van der Waals surface area (Å²) in [4.78, 5) is 14.3. The lowest BCUT2D eigenvalue weighted by atomic mass is 9.99. The molecule has 0 fully saturated rings. The van der Waals surface area contributed by atoms with Crippen LogP contribution in [-0.4, -0.2) is 17.4 Å². The molecule has 0 aliphatic carbocycles. The summed E-state index contributed by atoms with van der Waals surface area (Å²) in [5, 5.41) is 0. The van der Waals surface area contributed by atoms with Crippen LogP contribution in [0.5, 0.6) is 11.5 Å². The number of allylic oxidation sites excluding steroid dienone is 1. The van der Waals surface area contributed by atoms with E-state index in [1.54, 1.807) is 17.0 Å². The van der Waals surface area contributed by atoms with Gasteiger partial charge in [0.25, 0.3) is 0 Å². The van der Waals surface area contributed by atoms with E-state index in [0.717, 1.165) is 23.6 Å². The summed E-state index contributed by atoms with van der Waals surface area (Å²) in [5.74, 6) is 4.29. The molecule has 3 rings (SSSR count). The summed E-state index contributed by atoms with van der Waals surface area (Å²) < 4.78 is 57.5. The van der Waals surface area contributed by atoms with Crippen LogP contribution in [0.15, 0.2) is 48.2 Å². The molecule has 9 heteroatoms. The number of nitrogens with two attached hydrogens (primary N) is 1. The van der Waals surface area contributed by atoms with E-state index in [1.807, 2.05) is 19.1 Å². The van der Waals surface area contributed by atoms with Crippen LogP contribution >= 0.6 is 0 Å². The summed E-state index contributed by atoms with van der Waals surface area (Å²) in [6, 6.07) is 7.66. The standard InChI is InChI=1S/C22H23F4N3O2/c1-2-3-16(28-27)11-21(30)29-9-8-14-4-5-17(10-15(14)13-29)31-18-6-7-19(20(23)12-18)22(24,25)26/h3-7,10,12,28H,2,8-9,11,13,27H2,1H3/b16-3+. The van der Waals surface area contributed by atoms with Crippen LogP contribution in [0.3, 0.4) is 0 Å². The summed E-state index contributed by atoms with van der Waals surface area (Å²) in [6.45, 7) is 2.89. The number of hydrazine groups is 1. The first kappa shape index (κ1) is 22.6. The van der Waals surface area contributed by atoms with E-state index < -0.39 is 17.6 Å². The highest BCUT2D eigenvalue weighted by Gasteiger charge is 2.34. The van der Waals surface area contributed by atoms with Crippen LogP contribution in [0.2, 0.25) is 0 Å². The quantitative estimate of drug-likeness (QED) is 0.392. The number of hydrogen-bond acceptors (Lipinski definition) is 4. The molecule has 3 N–H and O–H groups in total. The van der Waals surface area contributed by atoms with Gasteiger partial charge < -0.3 is 15.1 Å². The smallest absolute Gasteiger partial charge is 0.419 e. The minimum atomic E-state index is -4.77. The first-order valence-corrected chi connectivity index (χ1v) is 9.81. The van der Waals surface area contributed by atoms with E-state index in [1.165, 1.54) is 0 Å². The number of hydrogen-bond donors (Lipinski definition) is 2. The highest BCUT2D eigenvalue weighted by atomic mass is 19.4. The van der Waals surface area contributed by atoms with Crippen molar-refractivity contribution < 1.29 is 27.1 Å². The molecule has 0 aromatic heterocycles. The van der Waals surface area contributed by atoms with E-state index in [0.29, 0.717) is 43.1 Å². The lowest BCUT2D eigenvalue weighted by Gasteiger charge is -2.29. The average molecular weight is 437 g/mol. The van der Waals surface area contributed by atoms with Gasteiger partial charge in [-0.25, -0.2) is 4.39 Å². The van der Waals surface area contributed by atoms with E-state index in [4.69, 9.17) is 10.6 Å². The van der Waals surface area contributed by atoms with Gasteiger partial charge in [-0.05, 0) is 48.2 Å². The molecule has 0 bridgehead atoms. The van der Waals surface area contributed by atoms with Crippen molar-refractivity contribution >= 4 is 5.91 Å². The fourth-order valence-electron chi connectivity index (χ4n) is 3.44. The van der Waals surface area contributed by atoms with Crippen molar-refractivity contribution in [1.29, 1.82) is 0 Å². The summed E-state index contributed by atoms with van der Waals surface area (Å²) in [5.41, 5.74) is 3.77. The number of carbonyl (C=O) groups is 1. The first-order chi connectivity index (χ1) is 14.7. The number of rotatable bonds is 6. The van der Waals surface area contributed by atoms with Gasteiger partial charge in [0, 0.05) is 24.9 Å². The zero-order valence-electron chi connectivity index (χ0n) is 16.9. The maximum Gasteiger partial charge on any atom is 0.419 e. The van der Waals surface area contributed by atoms with E-state index in [2.05, 4.69) is 5.43 Å². The minimum Gasteiger partial charge on any atom is -0.457 e. The number of carbonyl (C=O) groups excluding carboxylic acids is 1. The Morgan fingerprint density at radius 2 is 1.90 bits per heavy atom. The Morgan fingerprint density at radius 3 is 2.55 bits per heavy atom. The monoisotopic (exact) mass is 437 g/mol. The molecule has 0 spiro atoms. The lowest BCUT2D eigenvalue weighted by molar-refractivity contribution is -0.140. The third kappa shape index (κ3) is 5.55. The largest absolute Gasteiger partial charge is 0.457 e. The third-order valence-electron chi connectivity index (χ3n) is 5.00. The van der Waals surface area contributed by atoms with Crippen molar-refractivity contribution in [2.45, 2.75) is 38.9 Å². The fourth-order valence-corrected chi connectivity index (χ4v) is 3.44. The highest BCUT2D eigenvalue weighted by Crippen LogP contribution is 2.34. The molecule has 1 aliphatic heterocycles. The van der Waals surface area contributed by atoms with Crippen molar-refractivity contribution in [3.05, 3.63) is 70.7 Å². The Hall–Kier alpha value is -3.07. The molecule has 166 valence electrons. The molecular formula is C22H23F4N3O2. The van der Waals surface area contributed by atoms with E-state index >= 15 is 0 Å². The normalized spacial score (nSPS) is 14.3. The first-order valence-electron chi connectivity index (χ1n) is 9.81. The maximum atomic E-state index is 13.8. The maximum absolute atomic E-state index is 13.8. The van der Waals surface area contributed by atoms with Gasteiger partial charge in [-0.2, -0.15) is 13.2 Å². The molecule has 0 radical (unpaired) electrons. The predicted molar refractivity (Wildman–Crippen MR) is 107 cm³/mol. The fraction of sp³-hybridized carbons (Fsp3) is 0.318. The Labute approximate surface area is 177 Å². The molecule has 2 aromatic carbocycles. The van der Waals surface area contributed by atoms with Gasteiger partial charge in [-0.1, -0.05) is 19.1 Å². The second-order valence-electron chi connectivity index (χ2n) is 7.20. The van der Waals surface area contributed by atoms with Crippen molar-refractivity contribution in [3.8, 4) is 11.5 Å². The second kappa shape index (κ2) is 9.38. The summed E-state index contributed by atoms with van der Waals surface area (Å²) in [6.07, 6.45) is -1.33.